The SMILES string of the molecule is CCN(CC(=O)Nc1c(F)cccc1F)C(=O)C1(n2cccn2)CCNCC1.Cl. The van der Waals surface area contributed by atoms with Crippen LogP contribution in [0.1, 0.15) is 19.8 Å². The number of hydrogen-bond acceptors (Lipinski definition) is 4. The number of hydrogen-bond donors (Lipinski definition) is 2. The highest BCUT2D eigenvalue weighted by Gasteiger charge is 2.44. The van der Waals surface area contributed by atoms with Gasteiger partial charge in [-0.1, -0.05) is 6.07 Å². The summed E-state index contributed by atoms with van der Waals surface area (Å²) in [5.74, 6) is -2.63. The van der Waals surface area contributed by atoms with Gasteiger partial charge in [-0.3, -0.25) is 14.3 Å². The summed E-state index contributed by atoms with van der Waals surface area (Å²) in [5.41, 5.74) is -1.39. The fourth-order valence-electron chi connectivity index (χ4n) is 3.49. The van der Waals surface area contributed by atoms with Crippen molar-refractivity contribution in [2.45, 2.75) is 25.3 Å². The van der Waals surface area contributed by atoms with Crippen molar-refractivity contribution in [3.8, 4) is 0 Å². The molecule has 29 heavy (non-hydrogen) atoms. The number of carbonyl (C=O) groups is 2. The second-order valence-electron chi connectivity index (χ2n) is 6.70. The predicted molar refractivity (Wildman–Crippen MR) is 107 cm³/mol. The van der Waals surface area contributed by atoms with E-state index in [1.165, 1.54) is 11.0 Å². The van der Waals surface area contributed by atoms with Gasteiger partial charge >= 0.3 is 0 Å². The molecule has 0 unspecified atom stereocenters. The largest absolute Gasteiger partial charge is 0.332 e. The molecule has 0 bridgehead atoms. The minimum absolute atomic E-state index is 0. The van der Waals surface area contributed by atoms with Crippen molar-refractivity contribution in [1.82, 2.24) is 20.0 Å². The van der Waals surface area contributed by atoms with Crippen molar-refractivity contribution in [3.05, 3.63) is 48.3 Å². The number of aromatic nitrogens is 2. The molecule has 2 N–H and O–H groups in total. The first-order valence-electron chi connectivity index (χ1n) is 9.22. The molecule has 0 atom stereocenters. The average molecular weight is 428 g/mol. The van der Waals surface area contributed by atoms with E-state index in [0.29, 0.717) is 25.9 Å². The highest BCUT2D eigenvalue weighted by Crippen LogP contribution is 2.29. The lowest BCUT2D eigenvalue weighted by atomic mass is 9.86. The van der Waals surface area contributed by atoms with Crippen LogP contribution in [0.3, 0.4) is 0 Å². The first-order valence-corrected chi connectivity index (χ1v) is 9.22. The minimum Gasteiger partial charge on any atom is -0.332 e. The van der Waals surface area contributed by atoms with E-state index in [2.05, 4.69) is 15.7 Å². The molecule has 0 radical (unpaired) electrons. The Kier molecular flexibility index (Phi) is 7.69. The lowest BCUT2D eigenvalue weighted by molar-refractivity contribution is -0.145. The molecular weight excluding hydrogens is 404 g/mol. The van der Waals surface area contributed by atoms with Crippen LogP contribution < -0.4 is 10.6 Å². The summed E-state index contributed by atoms with van der Waals surface area (Å²) in [6.45, 7) is 3.03. The second-order valence-corrected chi connectivity index (χ2v) is 6.70. The maximum Gasteiger partial charge on any atom is 0.251 e. The Morgan fingerprint density at radius 3 is 2.45 bits per heavy atom. The molecule has 0 saturated carbocycles. The Balaban J connectivity index is 0.00000300. The van der Waals surface area contributed by atoms with Crippen LogP contribution in [-0.4, -0.2) is 52.7 Å². The van der Waals surface area contributed by atoms with Crippen LogP contribution in [0, 0.1) is 11.6 Å². The molecule has 3 rings (SSSR count). The first-order chi connectivity index (χ1) is 13.5. The number of halogens is 3. The molecule has 2 heterocycles. The monoisotopic (exact) mass is 427 g/mol. The highest BCUT2D eigenvalue weighted by molar-refractivity contribution is 5.96. The van der Waals surface area contributed by atoms with Gasteiger partial charge in [-0.25, -0.2) is 8.78 Å². The van der Waals surface area contributed by atoms with Gasteiger partial charge in [-0.05, 0) is 51.1 Å². The van der Waals surface area contributed by atoms with Gasteiger partial charge < -0.3 is 15.5 Å². The third-order valence-electron chi connectivity index (χ3n) is 5.00. The topological polar surface area (TPSA) is 79.3 Å². The third kappa shape index (κ3) is 4.73. The quantitative estimate of drug-likeness (QED) is 0.740. The van der Waals surface area contributed by atoms with Crippen LogP contribution in [-0.2, 0) is 15.1 Å². The molecule has 7 nitrogen and oxygen atoms in total. The molecule has 0 spiro atoms. The number of para-hydroxylation sites is 1. The maximum absolute atomic E-state index is 13.8. The second kappa shape index (κ2) is 9.80. The molecule has 1 aromatic carbocycles. The number of nitrogens with one attached hydrogen (secondary N) is 2. The molecule has 2 amide bonds. The van der Waals surface area contributed by atoms with Crippen molar-refractivity contribution < 1.29 is 18.4 Å². The van der Waals surface area contributed by atoms with Crippen LogP contribution in [0.25, 0.3) is 0 Å². The number of amides is 2. The van der Waals surface area contributed by atoms with Crippen molar-refractivity contribution in [1.29, 1.82) is 0 Å². The van der Waals surface area contributed by atoms with E-state index in [0.717, 1.165) is 12.1 Å². The van der Waals surface area contributed by atoms with E-state index >= 15 is 0 Å². The molecule has 158 valence electrons. The molecular formula is C19H24ClF2N5O2. The number of likely N-dealkylation sites (N-methyl/N-ethyl adjacent to an activating group) is 1. The summed E-state index contributed by atoms with van der Waals surface area (Å²) in [5, 5.41) is 9.72. The number of piperidine rings is 1. The number of anilines is 1. The normalized spacial score (nSPS) is 15.3. The van der Waals surface area contributed by atoms with Crippen LogP contribution in [0.15, 0.2) is 36.7 Å². The Bertz CT molecular complexity index is 821. The van der Waals surface area contributed by atoms with Gasteiger partial charge in [0.25, 0.3) is 5.91 Å². The Hall–Kier alpha value is -2.52. The summed E-state index contributed by atoms with van der Waals surface area (Å²) in [4.78, 5) is 27.2. The van der Waals surface area contributed by atoms with Crippen LogP contribution in [0.5, 0.6) is 0 Å². The highest BCUT2D eigenvalue weighted by atomic mass is 35.5. The van der Waals surface area contributed by atoms with Gasteiger partial charge in [0.05, 0.1) is 6.54 Å². The molecule has 1 aliphatic rings. The summed E-state index contributed by atoms with van der Waals surface area (Å²) < 4.78 is 29.2. The Labute approximate surface area is 173 Å². The summed E-state index contributed by atoms with van der Waals surface area (Å²) in [6.07, 6.45) is 4.42. The molecule has 1 fully saturated rings. The van der Waals surface area contributed by atoms with Gasteiger partial charge in [0.1, 0.15) is 22.9 Å². The van der Waals surface area contributed by atoms with Gasteiger partial charge in [0, 0.05) is 18.9 Å². The van der Waals surface area contributed by atoms with E-state index in [9.17, 15) is 18.4 Å². The molecule has 1 saturated heterocycles. The summed E-state index contributed by atoms with van der Waals surface area (Å²) in [7, 11) is 0. The van der Waals surface area contributed by atoms with E-state index in [4.69, 9.17) is 0 Å². The third-order valence-corrected chi connectivity index (χ3v) is 5.00. The molecule has 0 aliphatic carbocycles. The van der Waals surface area contributed by atoms with Gasteiger partial charge in [-0.15, -0.1) is 12.4 Å². The van der Waals surface area contributed by atoms with E-state index < -0.39 is 28.8 Å². The summed E-state index contributed by atoms with van der Waals surface area (Å²) >= 11 is 0. The lowest BCUT2D eigenvalue weighted by Crippen LogP contribution is -2.56. The van der Waals surface area contributed by atoms with Gasteiger partial charge in [0.2, 0.25) is 5.91 Å². The Morgan fingerprint density at radius 2 is 1.90 bits per heavy atom. The van der Waals surface area contributed by atoms with Gasteiger partial charge in [-0.2, -0.15) is 5.10 Å². The van der Waals surface area contributed by atoms with Crippen molar-refractivity contribution in [3.63, 3.8) is 0 Å². The lowest BCUT2D eigenvalue weighted by Gasteiger charge is -2.39. The van der Waals surface area contributed by atoms with Crippen molar-refractivity contribution >= 4 is 29.9 Å². The smallest absolute Gasteiger partial charge is 0.251 e. The zero-order chi connectivity index (χ0) is 20.1. The van der Waals surface area contributed by atoms with Crippen LogP contribution >= 0.6 is 12.4 Å². The fourth-order valence-corrected chi connectivity index (χ4v) is 3.49. The fraction of sp³-hybridized carbons (Fsp3) is 0.421. The zero-order valence-electron chi connectivity index (χ0n) is 16.0. The van der Waals surface area contributed by atoms with E-state index in [-0.39, 0.29) is 31.4 Å². The van der Waals surface area contributed by atoms with Crippen molar-refractivity contribution in [2.24, 2.45) is 0 Å². The molecule has 2 aromatic rings. The van der Waals surface area contributed by atoms with Crippen molar-refractivity contribution in [2.75, 3.05) is 31.5 Å². The average Bonchev–Trinajstić information content (AvgIpc) is 3.24. The van der Waals surface area contributed by atoms with Gasteiger partial charge in [0.15, 0.2) is 0 Å². The molecule has 1 aliphatic heterocycles. The standard InChI is InChI=1S/C19H23F2N5O2.ClH/c1-2-25(13-16(27)24-17-14(20)5-3-6-15(17)21)18(28)19(7-10-22-11-8-19)26-12-4-9-23-26;/h3-6,9,12,22H,2,7-8,10-11,13H2,1H3,(H,24,27);1H. The number of rotatable bonds is 6. The van der Waals surface area contributed by atoms with E-state index in [1.807, 2.05) is 0 Å². The number of nitrogens with zero attached hydrogens (tertiary/aromatic N) is 3. The first kappa shape index (κ1) is 22.8. The number of benzene rings is 1. The minimum atomic E-state index is -0.881. The number of carbonyl (C=O) groups excluding carboxylic acids is 2. The predicted octanol–water partition coefficient (Wildman–Crippen LogP) is 2.15. The molecule has 10 heteroatoms. The summed E-state index contributed by atoms with van der Waals surface area (Å²) in [6, 6.07) is 5.08. The Morgan fingerprint density at radius 1 is 1.24 bits per heavy atom. The van der Waals surface area contributed by atoms with Crippen LogP contribution in [0.2, 0.25) is 0 Å². The van der Waals surface area contributed by atoms with E-state index in [1.54, 1.807) is 30.1 Å². The molecule has 1 aromatic heterocycles. The maximum atomic E-state index is 13.8. The van der Waals surface area contributed by atoms with Crippen LogP contribution in [0.4, 0.5) is 14.5 Å². The zero-order valence-corrected chi connectivity index (χ0v) is 16.8.